The molecule has 1 heterocycles. The smallest absolute Gasteiger partial charge is 0.226 e. The van der Waals surface area contributed by atoms with Gasteiger partial charge in [0.1, 0.15) is 5.75 Å². The molecular formula is C15H19N3O4. The summed E-state index contributed by atoms with van der Waals surface area (Å²) >= 11 is 0. The minimum Gasteiger partial charge on any atom is -0.497 e. The lowest BCUT2D eigenvalue weighted by Crippen LogP contribution is -2.26. The van der Waals surface area contributed by atoms with Crippen molar-refractivity contribution in [1.82, 2.24) is 15.5 Å². The molecule has 0 aliphatic heterocycles. The number of carbonyl (C=O) groups is 1. The number of aliphatic hydroxyl groups is 1. The third-order valence-corrected chi connectivity index (χ3v) is 3.04. The zero-order valence-corrected chi connectivity index (χ0v) is 12.4. The SMILES string of the molecule is COc1ccc(-c2noc(CCCC(=O)NCCO)n2)cc1. The van der Waals surface area contributed by atoms with Gasteiger partial charge in [0.2, 0.25) is 17.6 Å². The molecule has 0 aliphatic rings. The number of ether oxygens (including phenoxy) is 1. The van der Waals surface area contributed by atoms with Gasteiger partial charge in [-0.1, -0.05) is 5.16 Å². The Balaban J connectivity index is 1.84. The predicted octanol–water partition coefficient (Wildman–Crippen LogP) is 1.18. The van der Waals surface area contributed by atoms with Crippen LogP contribution in [-0.4, -0.2) is 41.4 Å². The van der Waals surface area contributed by atoms with Gasteiger partial charge in [-0.15, -0.1) is 0 Å². The van der Waals surface area contributed by atoms with Crippen molar-refractivity contribution >= 4 is 5.91 Å². The molecule has 0 spiro atoms. The van der Waals surface area contributed by atoms with Crippen molar-refractivity contribution in [3.05, 3.63) is 30.2 Å². The Bertz CT molecular complexity index is 595. The normalized spacial score (nSPS) is 10.5. The molecule has 22 heavy (non-hydrogen) atoms. The molecule has 2 rings (SSSR count). The molecule has 118 valence electrons. The Morgan fingerprint density at radius 2 is 2.14 bits per heavy atom. The number of hydrogen-bond acceptors (Lipinski definition) is 6. The molecule has 0 unspecified atom stereocenters. The molecule has 2 N–H and O–H groups in total. The minimum absolute atomic E-state index is 0.0549. The highest BCUT2D eigenvalue weighted by Crippen LogP contribution is 2.20. The molecule has 0 saturated heterocycles. The molecule has 0 radical (unpaired) electrons. The fourth-order valence-corrected chi connectivity index (χ4v) is 1.90. The molecule has 0 aliphatic carbocycles. The first-order valence-electron chi connectivity index (χ1n) is 7.07. The monoisotopic (exact) mass is 305 g/mol. The highest BCUT2D eigenvalue weighted by Gasteiger charge is 2.09. The largest absolute Gasteiger partial charge is 0.497 e. The van der Waals surface area contributed by atoms with Crippen LogP contribution in [0.2, 0.25) is 0 Å². The molecule has 0 saturated carbocycles. The number of hydrogen-bond donors (Lipinski definition) is 2. The van der Waals surface area contributed by atoms with Crippen LogP contribution in [0.1, 0.15) is 18.7 Å². The molecule has 1 aromatic carbocycles. The fraction of sp³-hybridized carbons (Fsp3) is 0.400. The van der Waals surface area contributed by atoms with Crippen LogP contribution in [0.15, 0.2) is 28.8 Å². The Labute approximate surface area is 128 Å². The number of carbonyl (C=O) groups excluding carboxylic acids is 1. The molecule has 7 nitrogen and oxygen atoms in total. The van der Waals surface area contributed by atoms with Crippen molar-refractivity contribution in [3.63, 3.8) is 0 Å². The lowest BCUT2D eigenvalue weighted by molar-refractivity contribution is -0.121. The van der Waals surface area contributed by atoms with Crippen LogP contribution in [0.4, 0.5) is 0 Å². The third kappa shape index (κ3) is 4.56. The lowest BCUT2D eigenvalue weighted by atomic mass is 10.2. The number of aliphatic hydroxyl groups excluding tert-OH is 1. The summed E-state index contributed by atoms with van der Waals surface area (Å²) in [7, 11) is 1.61. The maximum absolute atomic E-state index is 11.4. The van der Waals surface area contributed by atoms with Gasteiger partial charge in [-0.2, -0.15) is 4.98 Å². The van der Waals surface area contributed by atoms with Gasteiger partial charge in [0.15, 0.2) is 0 Å². The van der Waals surface area contributed by atoms with Gasteiger partial charge in [0.05, 0.1) is 13.7 Å². The first kappa shape index (κ1) is 16.0. The molecule has 1 aromatic heterocycles. The van der Waals surface area contributed by atoms with E-state index < -0.39 is 0 Å². The average molecular weight is 305 g/mol. The average Bonchev–Trinajstić information content (AvgIpc) is 3.02. The van der Waals surface area contributed by atoms with Crippen LogP contribution in [-0.2, 0) is 11.2 Å². The van der Waals surface area contributed by atoms with E-state index in [1.54, 1.807) is 7.11 Å². The van der Waals surface area contributed by atoms with E-state index in [9.17, 15) is 4.79 Å². The van der Waals surface area contributed by atoms with Crippen LogP contribution in [0.25, 0.3) is 11.4 Å². The molecule has 0 atom stereocenters. The van der Waals surface area contributed by atoms with Crippen LogP contribution in [0.3, 0.4) is 0 Å². The van der Waals surface area contributed by atoms with Crippen LogP contribution in [0, 0.1) is 0 Å². The first-order valence-corrected chi connectivity index (χ1v) is 7.07. The number of amides is 1. The quantitative estimate of drug-likeness (QED) is 0.760. The van der Waals surface area contributed by atoms with Gasteiger partial charge in [-0.05, 0) is 30.7 Å². The van der Waals surface area contributed by atoms with Gasteiger partial charge in [0, 0.05) is 24.9 Å². The third-order valence-electron chi connectivity index (χ3n) is 3.04. The van der Waals surface area contributed by atoms with Crippen LogP contribution < -0.4 is 10.1 Å². The Kier molecular flexibility index (Phi) is 5.91. The topological polar surface area (TPSA) is 97.5 Å². The minimum atomic E-state index is -0.0936. The second-order valence-corrected chi connectivity index (χ2v) is 4.67. The summed E-state index contributed by atoms with van der Waals surface area (Å²) in [6, 6.07) is 7.37. The molecule has 2 aromatic rings. The van der Waals surface area contributed by atoms with Crippen molar-refractivity contribution in [2.24, 2.45) is 0 Å². The van der Waals surface area contributed by atoms with E-state index in [0.29, 0.717) is 31.0 Å². The molecule has 1 amide bonds. The summed E-state index contributed by atoms with van der Waals surface area (Å²) in [4.78, 5) is 15.7. The van der Waals surface area contributed by atoms with Gasteiger partial charge in [-0.25, -0.2) is 0 Å². The van der Waals surface area contributed by atoms with Gasteiger partial charge in [0.25, 0.3) is 0 Å². The van der Waals surface area contributed by atoms with Crippen molar-refractivity contribution in [2.45, 2.75) is 19.3 Å². The standard InChI is InChI=1S/C15H19N3O4/c1-21-12-7-5-11(6-8-12)15-17-14(22-18-15)4-2-3-13(20)16-9-10-19/h5-8,19H,2-4,9-10H2,1H3,(H,16,20). The number of benzene rings is 1. The molecule has 7 heteroatoms. The summed E-state index contributed by atoms with van der Waals surface area (Å²) in [6.45, 7) is 0.224. The number of methoxy groups -OCH3 is 1. The van der Waals surface area contributed by atoms with Gasteiger partial charge in [-0.3, -0.25) is 4.79 Å². The van der Waals surface area contributed by atoms with Crippen LogP contribution in [0.5, 0.6) is 5.75 Å². The molecule has 0 bridgehead atoms. The second-order valence-electron chi connectivity index (χ2n) is 4.67. The first-order chi connectivity index (χ1) is 10.7. The maximum atomic E-state index is 11.4. The molecule has 0 fully saturated rings. The Morgan fingerprint density at radius 1 is 1.36 bits per heavy atom. The van der Waals surface area contributed by atoms with E-state index in [-0.39, 0.29) is 19.1 Å². The number of aryl methyl sites for hydroxylation is 1. The fourth-order valence-electron chi connectivity index (χ4n) is 1.90. The van der Waals surface area contributed by atoms with Crippen molar-refractivity contribution < 1.29 is 19.2 Å². The Morgan fingerprint density at radius 3 is 2.82 bits per heavy atom. The number of rotatable bonds is 8. The maximum Gasteiger partial charge on any atom is 0.226 e. The molecular weight excluding hydrogens is 286 g/mol. The lowest BCUT2D eigenvalue weighted by Gasteiger charge is -2.01. The van der Waals surface area contributed by atoms with E-state index in [4.69, 9.17) is 14.4 Å². The number of nitrogens with one attached hydrogen (secondary N) is 1. The van der Waals surface area contributed by atoms with Crippen LogP contribution >= 0.6 is 0 Å². The summed E-state index contributed by atoms with van der Waals surface area (Å²) < 4.78 is 10.3. The van der Waals surface area contributed by atoms with E-state index in [1.807, 2.05) is 24.3 Å². The van der Waals surface area contributed by atoms with Gasteiger partial charge < -0.3 is 19.7 Å². The predicted molar refractivity (Wildman–Crippen MR) is 79.3 cm³/mol. The highest BCUT2D eigenvalue weighted by molar-refractivity contribution is 5.75. The summed E-state index contributed by atoms with van der Waals surface area (Å²) in [5, 5.41) is 15.1. The zero-order chi connectivity index (χ0) is 15.8. The van der Waals surface area contributed by atoms with Gasteiger partial charge >= 0.3 is 0 Å². The summed E-state index contributed by atoms with van der Waals surface area (Å²) in [5.41, 5.74) is 0.844. The van der Waals surface area contributed by atoms with E-state index in [1.165, 1.54) is 0 Å². The summed E-state index contributed by atoms with van der Waals surface area (Å²) in [5.74, 6) is 1.69. The number of nitrogens with zero attached hydrogens (tertiary/aromatic N) is 2. The van der Waals surface area contributed by atoms with Crippen molar-refractivity contribution in [1.29, 1.82) is 0 Å². The van der Waals surface area contributed by atoms with E-state index in [2.05, 4.69) is 15.5 Å². The Hall–Kier alpha value is -2.41. The van der Waals surface area contributed by atoms with Crippen molar-refractivity contribution in [2.75, 3.05) is 20.3 Å². The second kappa shape index (κ2) is 8.14. The van der Waals surface area contributed by atoms with E-state index in [0.717, 1.165) is 11.3 Å². The number of aromatic nitrogens is 2. The van der Waals surface area contributed by atoms with Crippen molar-refractivity contribution in [3.8, 4) is 17.1 Å². The van der Waals surface area contributed by atoms with E-state index >= 15 is 0 Å². The summed E-state index contributed by atoms with van der Waals surface area (Å²) in [6.07, 6.45) is 1.51. The zero-order valence-electron chi connectivity index (χ0n) is 12.4. The highest BCUT2D eigenvalue weighted by atomic mass is 16.5.